The van der Waals surface area contributed by atoms with Crippen molar-refractivity contribution in [1.82, 2.24) is 10.2 Å². The minimum Gasteiger partial charge on any atom is -0.411 e. The van der Waals surface area contributed by atoms with Gasteiger partial charge in [-0.3, -0.25) is 10.1 Å². The Balaban J connectivity index is 1.68. The smallest absolute Gasteiger partial charge is 0.277 e. The second-order valence-electron chi connectivity index (χ2n) is 4.57. The Bertz CT molecular complexity index is 836. The highest BCUT2D eigenvalue weighted by Crippen LogP contribution is 2.29. The maximum absolute atomic E-state index is 10.6. The summed E-state index contributed by atoms with van der Waals surface area (Å²) in [6, 6.07) is 13.6. The van der Waals surface area contributed by atoms with Crippen LogP contribution < -0.4 is 0 Å². The molecule has 0 fully saturated rings. The number of nitrogens with zero attached hydrogens (tertiary/aromatic N) is 3. The molecule has 3 rings (SSSR count). The predicted molar refractivity (Wildman–Crippen MR) is 87.4 cm³/mol. The maximum atomic E-state index is 10.6. The van der Waals surface area contributed by atoms with E-state index in [2.05, 4.69) is 10.2 Å². The molecular weight excluding hydrogens is 338 g/mol. The van der Waals surface area contributed by atoms with E-state index in [0.717, 1.165) is 5.56 Å². The number of hydrogen-bond donors (Lipinski definition) is 0. The molecular formula is C15H10ClN3O3S. The standard InChI is InChI=1S/C15H10ClN3O3S/c16-13-4-2-1-3-12(13)14-17-18-15(22-14)23-9-10-5-7-11(8-6-10)19(20)21/h1-8H,9H2. The van der Waals surface area contributed by atoms with Crippen molar-refractivity contribution in [2.45, 2.75) is 11.0 Å². The molecule has 0 spiro atoms. The Morgan fingerprint density at radius 3 is 2.57 bits per heavy atom. The first-order chi connectivity index (χ1) is 11.1. The van der Waals surface area contributed by atoms with Crippen molar-refractivity contribution >= 4 is 29.1 Å². The number of nitro benzene ring substituents is 1. The van der Waals surface area contributed by atoms with Gasteiger partial charge in [0.05, 0.1) is 15.5 Å². The van der Waals surface area contributed by atoms with Gasteiger partial charge in [-0.15, -0.1) is 10.2 Å². The summed E-state index contributed by atoms with van der Waals surface area (Å²) < 4.78 is 5.58. The van der Waals surface area contributed by atoms with Crippen LogP contribution in [0.5, 0.6) is 0 Å². The maximum Gasteiger partial charge on any atom is 0.277 e. The predicted octanol–water partition coefficient (Wildman–Crippen LogP) is 4.59. The Morgan fingerprint density at radius 1 is 1.13 bits per heavy atom. The topological polar surface area (TPSA) is 82.1 Å². The van der Waals surface area contributed by atoms with E-state index in [4.69, 9.17) is 16.0 Å². The number of aromatic nitrogens is 2. The fourth-order valence-corrected chi connectivity index (χ4v) is 2.81. The van der Waals surface area contributed by atoms with Crippen molar-refractivity contribution in [3.8, 4) is 11.5 Å². The van der Waals surface area contributed by atoms with Crippen LogP contribution in [0.3, 0.4) is 0 Å². The van der Waals surface area contributed by atoms with Crippen LogP contribution in [0.15, 0.2) is 58.2 Å². The summed E-state index contributed by atoms with van der Waals surface area (Å²) in [6.07, 6.45) is 0. The van der Waals surface area contributed by atoms with Crippen molar-refractivity contribution in [3.63, 3.8) is 0 Å². The molecule has 0 radical (unpaired) electrons. The van der Waals surface area contributed by atoms with Gasteiger partial charge in [-0.2, -0.15) is 0 Å². The van der Waals surface area contributed by atoms with E-state index in [-0.39, 0.29) is 5.69 Å². The highest BCUT2D eigenvalue weighted by molar-refractivity contribution is 7.98. The number of rotatable bonds is 5. The van der Waals surface area contributed by atoms with E-state index in [1.165, 1.54) is 23.9 Å². The summed E-state index contributed by atoms with van der Waals surface area (Å²) in [5, 5.41) is 19.5. The molecule has 0 amide bonds. The summed E-state index contributed by atoms with van der Waals surface area (Å²) in [4.78, 5) is 10.2. The van der Waals surface area contributed by atoms with Gasteiger partial charge in [-0.25, -0.2) is 0 Å². The molecule has 23 heavy (non-hydrogen) atoms. The molecule has 6 nitrogen and oxygen atoms in total. The zero-order valence-electron chi connectivity index (χ0n) is 11.7. The Hall–Kier alpha value is -2.38. The molecule has 0 aliphatic rings. The molecule has 116 valence electrons. The monoisotopic (exact) mass is 347 g/mol. The van der Waals surface area contributed by atoms with Crippen molar-refractivity contribution in [3.05, 3.63) is 69.2 Å². The molecule has 1 heterocycles. The van der Waals surface area contributed by atoms with Crippen molar-refractivity contribution in [2.24, 2.45) is 0 Å². The van der Waals surface area contributed by atoms with Crippen molar-refractivity contribution in [1.29, 1.82) is 0 Å². The van der Waals surface area contributed by atoms with Crippen LogP contribution in [0.1, 0.15) is 5.56 Å². The van der Waals surface area contributed by atoms with E-state index in [1.54, 1.807) is 24.3 Å². The number of halogens is 1. The zero-order chi connectivity index (χ0) is 16.2. The van der Waals surface area contributed by atoms with Crippen LogP contribution >= 0.6 is 23.4 Å². The fourth-order valence-electron chi connectivity index (χ4n) is 1.87. The van der Waals surface area contributed by atoms with Crippen LogP contribution in [0, 0.1) is 10.1 Å². The first-order valence-electron chi connectivity index (χ1n) is 6.58. The van der Waals surface area contributed by atoms with Crippen LogP contribution in [0.2, 0.25) is 5.02 Å². The fraction of sp³-hybridized carbons (Fsp3) is 0.0667. The third-order valence-electron chi connectivity index (χ3n) is 3.02. The number of hydrogen-bond acceptors (Lipinski definition) is 6. The Morgan fingerprint density at radius 2 is 1.87 bits per heavy atom. The molecule has 0 aliphatic carbocycles. The number of benzene rings is 2. The van der Waals surface area contributed by atoms with Gasteiger partial charge in [-0.1, -0.05) is 47.6 Å². The number of non-ortho nitro benzene ring substituents is 1. The van der Waals surface area contributed by atoms with Crippen molar-refractivity contribution < 1.29 is 9.34 Å². The molecule has 0 bridgehead atoms. The molecule has 1 aromatic heterocycles. The molecule has 0 aliphatic heterocycles. The molecule has 2 aromatic carbocycles. The summed E-state index contributed by atoms with van der Waals surface area (Å²) in [5.41, 5.74) is 1.68. The van der Waals surface area contributed by atoms with E-state index in [0.29, 0.717) is 27.5 Å². The van der Waals surface area contributed by atoms with E-state index in [9.17, 15) is 10.1 Å². The molecule has 3 aromatic rings. The molecule has 0 saturated heterocycles. The van der Waals surface area contributed by atoms with Crippen LogP contribution in [-0.4, -0.2) is 15.1 Å². The number of nitro groups is 1. The van der Waals surface area contributed by atoms with Gasteiger partial charge in [0.15, 0.2) is 0 Å². The molecule has 0 N–H and O–H groups in total. The molecule has 0 saturated carbocycles. The molecule has 0 unspecified atom stereocenters. The summed E-state index contributed by atoms with van der Waals surface area (Å²) in [6.45, 7) is 0. The van der Waals surface area contributed by atoms with E-state index >= 15 is 0 Å². The normalized spacial score (nSPS) is 10.7. The minimum absolute atomic E-state index is 0.0672. The highest BCUT2D eigenvalue weighted by Gasteiger charge is 2.12. The summed E-state index contributed by atoms with van der Waals surface area (Å²) in [7, 11) is 0. The molecule has 0 atom stereocenters. The van der Waals surface area contributed by atoms with Gasteiger partial charge in [-0.05, 0) is 17.7 Å². The Labute approximate surface area is 140 Å². The lowest BCUT2D eigenvalue weighted by atomic mass is 10.2. The van der Waals surface area contributed by atoms with E-state index in [1.807, 2.05) is 12.1 Å². The second kappa shape index (κ2) is 6.80. The first kappa shape index (κ1) is 15.5. The van der Waals surface area contributed by atoms with Gasteiger partial charge >= 0.3 is 0 Å². The first-order valence-corrected chi connectivity index (χ1v) is 7.94. The van der Waals surface area contributed by atoms with Gasteiger partial charge in [0, 0.05) is 17.9 Å². The largest absolute Gasteiger partial charge is 0.411 e. The average molecular weight is 348 g/mol. The summed E-state index contributed by atoms with van der Waals surface area (Å²) in [5.74, 6) is 0.934. The minimum atomic E-state index is -0.426. The van der Waals surface area contributed by atoms with Gasteiger partial charge in [0.1, 0.15) is 0 Å². The number of thioether (sulfide) groups is 1. The van der Waals surface area contributed by atoms with E-state index < -0.39 is 4.92 Å². The van der Waals surface area contributed by atoms with Crippen LogP contribution in [-0.2, 0) is 5.75 Å². The van der Waals surface area contributed by atoms with Gasteiger partial charge < -0.3 is 4.42 Å². The lowest BCUT2D eigenvalue weighted by Crippen LogP contribution is -1.88. The lowest BCUT2D eigenvalue weighted by Gasteiger charge is -1.98. The van der Waals surface area contributed by atoms with Gasteiger partial charge in [0.25, 0.3) is 10.9 Å². The quantitative estimate of drug-likeness (QED) is 0.381. The second-order valence-corrected chi connectivity index (χ2v) is 5.90. The lowest BCUT2D eigenvalue weighted by molar-refractivity contribution is -0.384. The SMILES string of the molecule is O=[N+]([O-])c1ccc(CSc2nnc(-c3ccccc3Cl)o2)cc1. The van der Waals surface area contributed by atoms with Gasteiger partial charge in [0.2, 0.25) is 5.89 Å². The third kappa shape index (κ3) is 3.69. The van der Waals surface area contributed by atoms with Crippen molar-refractivity contribution in [2.75, 3.05) is 0 Å². The third-order valence-corrected chi connectivity index (χ3v) is 4.24. The summed E-state index contributed by atoms with van der Waals surface area (Å²) >= 11 is 7.45. The Kier molecular flexibility index (Phi) is 4.59. The van der Waals surface area contributed by atoms with Crippen LogP contribution in [0.4, 0.5) is 5.69 Å². The average Bonchev–Trinajstić information content (AvgIpc) is 3.02. The molecule has 8 heteroatoms. The highest BCUT2D eigenvalue weighted by atomic mass is 35.5. The van der Waals surface area contributed by atoms with Crippen LogP contribution in [0.25, 0.3) is 11.5 Å². The zero-order valence-corrected chi connectivity index (χ0v) is 13.3.